The van der Waals surface area contributed by atoms with Crippen molar-refractivity contribution in [3.8, 4) is 0 Å². The van der Waals surface area contributed by atoms with Gasteiger partial charge in [-0.05, 0) is 29.6 Å². The molecular weight excluding hydrogens is 310 g/mol. The molecule has 0 spiro atoms. The van der Waals surface area contributed by atoms with Crippen LogP contribution >= 0.6 is 22.9 Å². The zero-order chi connectivity index (χ0) is 15.2. The normalized spacial score (nSPS) is 10.1. The molecule has 0 atom stereocenters. The van der Waals surface area contributed by atoms with Gasteiger partial charge in [-0.1, -0.05) is 17.7 Å². The van der Waals surface area contributed by atoms with Crippen LogP contribution in [0, 0.1) is 0 Å². The number of hydrogen-bond acceptors (Lipinski definition) is 4. The molecule has 110 valence electrons. The Hall–Kier alpha value is -2.05. The van der Waals surface area contributed by atoms with Gasteiger partial charge in [0.2, 0.25) is 11.8 Å². The third-order valence-electron chi connectivity index (χ3n) is 2.72. The van der Waals surface area contributed by atoms with Crippen LogP contribution in [0.25, 0.3) is 0 Å². The number of anilines is 1. The molecule has 1 aromatic carbocycles. The lowest BCUT2D eigenvalue weighted by atomic mass is 10.2. The minimum Gasteiger partial charge on any atom is -0.376 e. The van der Waals surface area contributed by atoms with Gasteiger partial charge in [0.1, 0.15) is 0 Å². The van der Waals surface area contributed by atoms with Gasteiger partial charge in [-0.2, -0.15) is 0 Å². The highest BCUT2D eigenvalue weighted by Gasteiger charge is 2.08. The van der Waals surface area contributed by atoms with Crippen molar-refractivity contribution in [2.75, 3.05) is 11.9 Å². The summed E-state index contributed by atoms with van der Waals surface area (Å²) in [4.78, 5) is 24.0. The first-order chi connectivity index (χ1) is 10.1. The molecule has 0 aliphatic rings. The fourth-order valence-electron chi connectivity index (χ4n) is 1.67. The number of halogens is 1. The summed E-state index contributed by atoms with van der Waals surface area (Å²) in [5.41, 5.74) is 6.05. The number of benzene rings is 1. The second kappa shape index (κ2) is 7.10. The first-order valence-corrected chi connectivity index (χ1v) is 7.44. The fourth-order valence-corrected chi connectivity index (χ4v) is 2.52. The van der Waals surface area contributed by atoms with E-state index in [2.05, 4.69) is 10.6 Å². The largest absolute Gasteiger partial charge is 0.376 e. The maximum absolute atomic E-state index is 11.7. The summed E-state index contributed by atoms with van der Waals surface area (Å²) in [6.07, 6.45) is 0. The summed E-state index contributed by atoms with van der Waals surface area (Å²) in [7, 11) is 0. The van der Waals surface area contributed by atoms with Gasteiger partial charge in [0.25, 0.3) is 0 Å². The molecule has 2 rings (SSSR count). The van der Waals surface area contributed by atoms with E-state index >= 15 is 0 Å². The minimum absolute atomic E-state index is 0.102. The smallest absolute Gasteiger partial charge is 0.250 e. The second-order valence-corrected chi connectivity index (χ2v) is 5.71. The Labute approximate surface area is 131 Å². The highest BCUT2D eigenvalue weighted by atomic mass is 35.5. The number of thiophene rings is 1. The topological polar surface area (TPSA) is 84.2 Å². The Morgan fingerprint density at radius 1 is 1.29 bits per heavy atom. The van der Waals surface area contributed by atoms with Crippen molar-refractivity contribution in [2.24, 2.45) is 5.73 Å². The standard InChI is InChI=1S/C14H14ClN3O2S/c15-12-4-3-9(6-11(12)14(16)20)17-8-13(19)18-7-10-2-1-5-21-10/h1-6,17H,7-8H2,(H2,16,20)(H,18,19). The molecule has 0 radical (unpaired) electrons. The van der Waals surface area contributed by atoms with E-state index in [1.165, 1.54) is 6.07 Å². The summed E-state index contributed by atoms with van der Waals surface area (Å²) < 4.78 is 0. The van der Waals surface area contributed by atoms with Gasteiger partial charge < -0.3 is 16.4 Å². The van der Waals surface area contributed by atoms with Crippen molar-refractivity contribution in [3.63, 3.8) is 0 Å². The van der Waals surface area contributed by atoms with Gasteiger partial charge in [0.15, 0.2) is 0 Å². The number of carbonyl (C=O) groups excluding carboxylic acids is 2. The number of primary amides is 1. The fraction of sp³-hybridized carbons (Fsp3) is 0.143. The molecule has 0 saturated heterocycles. The van der Waals surface area contributed by atoms with Crippen molar-refractivity contribution < 1.29 is 9.59 Å². The van der Waals surface area contributed by atoms with E-state index < -0.39 is 5.91 Å². The summed E-state index contributed by atoms with van der Waals surface area (Å²) in [5, 5.41) is 7.96. The average Bonchev–Trinajstić information content (AvgIpc) is 2.97. The van der Waals surface area contributed by atoms with Gasteiger partial charge in [-0.3, -0.25) is 9.59 Å². The predicted octanol–water partition coefficient (Wildman–Crippen LogP) is 2.23. The van der Waals surface area contributed by atoms with Gasteiger partial charge in [0.05, 0.1) is 23.7 Å². The zero-order valence-electron chi connectivity index (χ0n) is 11.1. The molecule has 1 aromatic heterocycles. The summed E-state index contributed by atoms with van der Waals surface area (Å²) in [6.45, 7) is 0.608. The molecule has 2 amide bonds. The number of hydrogen-bond donors (Lipinski definition) is 3. The highest BCUT2D eigenvalue weighted by molar-refractivity contribution is 7.09. The van der Waals surface area contributed by atoms with E-state index in [1.54, 1.807) is 23.5 Å². The van der Waals surface area contributed by atoms with Gasteiger partial charge in [-0.15, -0.1) is 11.3 Å². The summed E-state index contributed by atoms with van der Waals surface area (Å²) in [5.74, 6) is -0.746. The number of carbonyl (C=O) groups is 2. The molecule has 1 heterocycles. The maximum Gasteiger partial charge on any atom is 0.250 e. The van der Waals surface area contributed by atoms with E-state index in [4.69, 9.17) is 17.3 Å². The Balaban J connectivity index is 1.86. The van der Waals surface area contributed by atoms with Crippen LogP contribution in [0.15, 0.2) is 35.7 Å². The van der Waals surface area contributed by atoms with Crippen LogP contribution in [-0.4, -0.2) is 18.4 Å². The SMILES string of the molecule is NC(=O)c1cc(NCC(=O)NCc2cccs2)ccc1Cl. The number of nitrogens with two attached hydrogens (primary N) is 1. The molecule has 0 unspecified atom stereocenters. The van der Waals surface area contributed by atoms with E-state index in [9.17, 15) is 9.59 Å². The number of amides is 2. The Bertz CT molecular complexity index is 644. The minimum atomic E-state index is -0.606. The predicted molar refractivity (Wildman–Crippen MR) is 84.6 cm³/mol. The van der Waals surface area contributed by atoms with Crippen LogP contribution in [0.3, 0.4) is 0 Å². The van der Waals surface area contributed by atoms with Crippen LogP contribution in [0.2, 0.25) is 5.02 Å². The maximum atomic E-state index is 11.7. The Morgan fingerprint density at radius 3 is 2.76 bits per heavy atom. The van der Waals surface area contributed by atoms with Crippen LogP contribution < -0.4 is 16.4 Å². The molecule has 7 heteroatoms. The van der Waals surface area contributed by atoms with Crippen LogP contribution in [0.5, 0.6) is 0 Å². The van der Waals surface area contributed by atoms with E-state index in [-0.39, 0.29) is 23.0 Å². The van der Waals surface area contributed by atoms with Crippen molar-refractivity contribution in [3.05, 3.63) is 51.2 Å². The number of rotatable bonds is 6. The lowest BCUT2D eigenvalue weighted by molar-refractivity contribution is -0.119. The van der Waals surface area contributed by atoms with Crippen LogP contribution in [0.1, 0.15) is 15.2 Å². The van der Waals surface area contributed by atoms with Crippen molar-refractivity contribution in [2.45, 2.75) is 6.54 Å². The monoisotopic (exact) mass is 323 g/mol. The Kier molecular flexibility index (Phi) is 5.19. The Morgan fingerprint density at radius 2 is 2.10 bits per heavy atom. The molecule has 0 aliphatic carbocycles. The van der Waals surface area contributed by atoms with Crippen molar-refractivity contribution in [1.82, 2.24) is 5.32 Å². The van der Waals surface area contributed by atoms with E-state index in [0.29, 0.717) is 12.2 Å². The molecule has 0 fully saturated rings. The van der Waals surface area contributed by atoms with E-state index in [1.807, 2.05) is 17.5 Å². The molecule has 4 N–H and O–H groups in total. The molecule has 0 aliphatic heterocycles. The van der Waals surface area contributed by atoms with Crippen molar-refractivity contribution in [1.29, 1.82) is 0 Å². The average molecular weight is 324 g/mol. The highest BCUT2D eigenvalue weighted by Crippen LogP contribution is 2.19. The van der Waals surface area contributed by atoms with Gasteiger partial charge in [0, 0.05) is 10.6 Å². The zero-order valence-corrected chi connectivity index (χ0v) is 12.6. The molecule has 5 nitrogen and oxygen atoms in total. The van der Waals surface area contributed by atoms with Crippen LogP contribution in [0.4, 0.5) is 5.69 Å². The van der Waals surface area contributed by atoms with Crippen molar-refractivity contribution >= 4 is 40.4 Å². The van der Waals surface area contributed by atoms with Crippen LogP contribution in [-0.2, 0) is 11.3 Å². The molecule has 2 aromatic rings. The molecular formula is C14H14ClN3O2S. The second-order valence-electron chi connectivity index (χ2n) is 4.27. The lowest BCUT2D eigenvalue weighted by Crippen LogP contribution is -2.29. The quantitative estimate of drug-likeness (QED) is 0.762. The first-order valence-electron chi connectivity index (χ1n) is 6.18. The van der Waals surface area contributed by atoms with E-state index in [0.717, 1.165) is 4.88 Å². The third kappa shape index (κ3) is 4.47. The first kappa shape index (κ1) is 15.3. The molecule has 0 saturated carbocycles. The lowest BCUT2D eigenvalue weighted by Gasteiger charge is -2.09. The third-order valence-corrected chi connectivity index (χ3v) is 3.93. The number of nitrogens with one attached hydrogen (secondary N) is 2. The van der Waals surface area contributed by atoms with Gasteiger partial charge >= 0.3 is 0 Å². The summed E-state index contributed by atoms with van der Waals surface area (Å²) >= 11 is 7.44. The molecule has 0 bridgehead atoms. The summed E-state index contributed by atoms with van der Waals surface area (Å²) in [6, 6.07) is 8.66. The molecule has 21 heavy (non-hydrogen) atoms. The van der Waals surface area contributed by atoms with Gasteiger partial charge in [-0.25, -0.2) is 0 Å².